The van der Waals surface area contributed by atoms with Crippen LogP contribution >= 0.6 is 11.3 Å². The van der Waals surface area contributed by atoms with Gasteiger partial charge < -0.3 is 19.7 Å². The molecule has 6 heteroatoms. The molecule has 25 heavy (non-hydrogen) atoms. The highest BCUT2D eigenvalue weighted by molar-refractivity contribution is 7.12. The van der Waals surface area contributed by atoms with E-state index in [1.54, 1.807) is 0 Å². The van der Waals surface area contributed by atoms with Crippen LogP contribution in [0.1, 0.15) is 29.1 Å². The van der Waals surface area contributed by atoms with E-state index >= 15 is 0 Å². The summed E-state index contributed by atoms with van der Waals surface area (Å²) in [6.45, 7) is 7.19. The third kappa shape index (κ3) is 3.37. The molecule has 0 radical (unpaired) electrons. The molecule has 0 aliphatic carbocycles. The van der Waals surface area contributed by atoms with Crippen molar-refractivity contribution in [3.8, 4) is 5.75 Å². The Morgan fingerprint density at radius 2 is 2.08 bits per heavy atom. The minimum atomic E-state index is -0.207. The van der Waals surface area contributed by atoms with Crippen molar-refractivity contribution in [1.29, 1.82) is 0 Å². The molecule has 0 atom stereocenters. The lowest BCUT2D eigenvalue weighted by Gasteiger charge is -2.31. The number of carbonyl (C=O) groups is 1. The number of anilines is 2. The van der Waals surface area contributed by atoms with Gasteiger partial charge in [-0.3, -0.25) is 4.79 Å². The fourth-order valence-corrected chi connectivity index (χ4v) is 4.02. The number of benzene rings is 1. The molecule has 0 unspecified atom stereocenters. The van der Waals surface area contributed by atoms with Crippen LogP contribution in [-0.4, -0.2) is 37.8 Å². The van der Waals surface area contributed by atoms with E-state index in [2.05, 4.69) is 36.2 Å². The topological polar surface area (TPSA) is 50.8 Å². The quantitative estimate of drug-likeness (QED) is 0.912. The Hall–Kier alpha value is -2.05. The van der Waals surface area contributed by atoms with Gasteiger partial charge in [0.15, 0.2) is 0 Å². The predicted octanol–water partition coefficient (Wildman–Crippen LogP) is 3.55. The van der Waals surface area contributed by atoms with Crippen LogP contribution in [0.3, 0.4) is 0 Å². The number of ether oxygens (including phenoxy) is 2. The number of nitrogens with zero attached hydrogens (tertiary/aromatic N) is 1. The van der Waals surface area contributed by atoms with Crippen LogP contribution in [0.15, 0.2) is 29.6 Å². The summed E-state index contributed by atoms with van der Waals surface area (Å²) in [5.41, 5.74) is 2.79. The second-order valence-corrected chi connectivity index (χ2v) is 7.99. The zero-order chi connectivity index (χ0) is 17.4. The van der Waals surface area contributed by atoms with E-state index in [4.69, 9.17) is 9.47 Å². The maximum atomic E-state index is 12.6. The Morgan fingerprint density at radius 3 is 2.80 bits per heavy atom. The SMILES string of the molecule is CC1(C)Cc2cc(NC(=O)c3cccs3)c(N3CCOCC3)cc2O1. The number of hydrogen-bond donors (Lipinski definition) is 1. The van der Waals surface area contributed by atoms with Crippen molar-refractivity contribution >= 4 is 28.6 Å². The minimum absolute atomic E-state index is 0.0670. The van der Waals surface area contributed by atoms with E-state index < -0.39 is 0 Å². The second-order valence-electron chi connectivity index (χ2n) is 7.05. The van der Waals surface area contributed by atoms with Gasteiger partial charge >= 0.3 is 0 Å². The first kappa shape index (κ1) is 16.4. The van der Waals surface area contributed by atoms with E-state index in [-0.39, 0.29) is 11.5 Å². The summed E-state index contributed by atoms with van der Waals surface area (Å²) < 4.78 is 11.6. The Kier molecular flexibility index (Phi) is 4.17. The Bertz CT molecular complexity index is 780. The molecule has 4 rings (SSSR count). The van der Waals surface area contributed by atoms with Crippen molar-refractivity contribution in [1.82, 2.24) is 0 Å². The van der Waals surface area contributed by atoms with Crippen LogP contribution in [0.25, 0.3) is 0 Å². The Morgan fingerprint density at radius 1 is 1.28 bits per heavy atom. The highest BCUT2D eigenvalue weighted by atomic mass is 32.1. The first-order valence-corrected chi connectivity index (χ1v) is 9.43. The van der Waals surface area contributed by atoms with E-state index in [1.165, 1.54) is 11.3 Å². The molecule has 0 saturated carbocycles. The highest BCUT2D eigenvalue weighted by Gasteiger charge is 2.32. The maximum absolute atomic E-state index is 12.6. The molecule has 1 amide bonds. The van der Waals surface area contributed by atoms with Crippen LogP contribution in [0, 0.1) is 0 Å². The summed E-state index contributed by atoms with van der Waals surface area (Å²) in [6.07, 6.45) is 0.841. The molecule has 2 aromatic rings. The summed E-state index contributed by atoms with van der Waals surface area (Å²) >= 11 is 1.45. The van der Waals surface area contributed by atoms with Crippen LogP contribution < -0.4 is 15.0 Å². The number of hydrogen-bond acceptors (Lipinski definition) is 5. The molecule has 1 saturated heterocycles. The van der Waals surface area contributed by atoms with Crippen LogP contribution in [0.5, 0.6) is 5.75 Å². The number of carbonyl (C=O) groups excluding carboxylic acids is 1. The van der Waals surface area contributed by atoms with Gasteiger partial charge in [-0.15, -0.1) is 11.3 Å². The van der Waals surface area contributed by atoms with Crippen molar-refractivity contribution in [2.75, 3.05) is 36.5 Å². The first-order valence-electron chi connectivity index (χ1n) is 8.55. The summed E-state index contributed by atoms with van der Waals surface area (Å²) in [5, 5.41) is 5.01. The number of morpholine rings is 1. The van der Waals surface area contributed by atoms with Crippen molar-refractivity contribution in [3.05, 3.63) is 40.1 Å². The van der Waals surface area contributed by atoms with Crippen LogP contribution in [0.4, 0.5) is 11.4 Å². The highest BCUT2D eigenvalue weighted by Crippen LogP contribution is 2.42. The number of rotatable bonds is 3. The van der Waals surface area contributed by atoms with E-state index in [0.29, 0.717) is 18.1 Å². The fraction of sp³-hybridized carbons (Fsp3) is 0.421. The first-order chi connectivity index (χ1) is 12.0. The lowest BCUT2D eigenvalue weighted by Crippen LogP contribution is -2.36. The van der Waals surface area contributed by atoms with Gasteiger partial charge in [0.1, 0.15) is 11.4 Å². The minimum Gasteiger partial charge on any atom is -0.487 e. The standard InChI is InChI=1S/C19H22N2O3S/c1-19(2)12-13-10-14(20-18(22)17-4-3-9-25-17)15(11-16(13)24-19)21-5-7-23-8-6-21/h3-4,9-11H,5-8,12H2,1-2H3,(H,20,22). The second kappa shape index (κ2) is 6.35. The van der Waals surface area contributed by atoms with E-state index in [9.17, 15) is 4.79 Å². The van der Waals surface area contributed by atoms with Gasteiger partial charge in [0.2, 0.25) is 0 Å². The molecule has 1 N–H and O–H groups in total. The molecule has 1 aromatic carbocycles. The van der Waals surface area contributed by atoms with E-state index in [0.717, 1.165) is 42.2 Å². The van der Waals surface area contributed by atoms with Crippen molar-refractivity contribution in [3.63, 3.8) is 0 Å². The molecule has 5 nitrogen and oxygen atoms in total. The average molecular weight is 358 g/mol. The van der Waals surface area contributed by atoms with Gasteiger partial charge in [-0.2, -0.15) is 0 Å². The third-order valence-corrected chi connectivity index (χ3v) is 5.39. The molecule has 0 bridgehead atoms. The van der Waals surface area contributed by atoms with E-state index in [1.807, 2.05) is 17.5 Å². The number of thiophene rings is 1. The molecule has 132 valence electrons. The third-order valence-electron chi connectivity index (χ3n) is 4.53. The largest absolute Gasteiger partial charge is 0.487 e. The van der Waals surface area contributed by atoms with Gasteiger partial charge in [0.05, 0.1) is 29.5 Å². The lowest BCUT2D eigenvalue weighted by atomic mass is 10.0. The van der Waals surface area contributed by atoms with Crippen LogP contribution in [0.2, 0.25) is 0 Å². The Balaban J connectivity index is 1.69. The maximum Gasteiger partial charge on any atom is 0.265 e. The molecule has 0 spiro atoms. The molecular formula is C19H22N2O3S. The van der Waals surface area contributed by atoms with Gasteiger partial charge in [-0.05, 0) is 31.4 Å². The fourth-order valence-electron chi connectivity index (χ4n) is 3.40. The molecule has 2 aliphatic heterocycles. The van der Waals surface area contributed by atoms with Crippen molar-refractivity contribution in [2.45, 2.75) is 25.9 Å². The summed E-state index contributed by atoms with van der Waals surface area (Å²) in [6, 6.07) is 7.87. The number of amides is 1. The zero-order valence-corrected chi connectivity index (χ0v) is 15.3. The van der Waals surface area contributed by atoms with Gasteiger partial charge in [0, 0.05) is 31.1 Å². The molecular weight excluding hydrogens is 336 g/mol. The Labute approximate surface area is 151 Å². The predicted molar refractivity (Wildman–Crippen MR) is 100 cm³/mol. The molecule has 1 aromatic heterocycles. The van der Waals surface area contributed by atoms with Gasteiger partial charge in [0.25, 0.3) is 5.91 Å². The monoisotopic (exact) mass is 358 g/mol. The normalized spacial score (nSPS) is 18.6. The zero-order valence-electron chi connectivity index (χ0n) is 14.5. The summed E-state index contributed by atoms with van der Waals surface area (Å²) in [4.78, 5) is 15.5. The average Bonchev–Trinajstić information content (AvgIpc) is 3.21. The summed E-state index contributed by atoms with van der Waals surface area (Å²) in [7, 11) is 0. The van der Waals surface area contributed by atoms with Crippen molar-refractivity contribution in [2.24, 2.45) is 0 Å². The smallest absolute Gasteiger partial charge is 0.265 e. The number of nitrogens with one attached hydrogen (secondary N) is 1. The molecule has 2 aliphatic rings. The molecule has 1 fully saturated rings. The summed E-state index contributed by atoms with van der Waals surface area (Å²) in [5.74, 6) is 0.850. The van der Waals surface area contributed by atoms with Gasteiger partial charge in [-0.25, -0.2) is 0 Å². The molecule has 3 heterocycles. The lowest BCUT2D eigenvalue weighted by molar-refractivity contribution is 0.103. The van der Waals surface area contributed by atoms with Crippen molar-refractivity contribution < 1.29 is 14.3 Å². The van der Waals surface area contributed by atoms with Crippen LogP contribution in [-0.2, 0) is 11.2 Å². The van der Waals surface area contributed by atoms with Gasteiger partial charge in [-0.1, -0.05) is 6.07 Å². The number of fused-ring (bicyclic) bond motifs is 1.